The zero-order chi connectivity index (χ0) is 20.3. The molecule has 0 unspecified atom stereocenters. The van der Waals surface area contributed by atoms with E-state index in [2.05, 4.69) is 15.5 Å². The van der Waals surface area contributed by atoms with E-state index in [1.807, 2.05) is 18.2 Å². The summed E-state index contributed by atoms with van der Waals surface area (Å²) in [5.41, 5.74) is 2.66. The van der Waals surface area contributed by atoms with Gasteiger partial charge in [0, 0.05) is 17.4 Å². The van der Waals surface area contributed by atoms with Crippen molar-refractivity contribution in [1.29, 1.82) is 0 Å². The van der Waals surface area contributed by atoms with Crippen molar-refractivity contribution in [2.45, 2.75) is 10.6 Å². The lowest BCUT2D eigenvalue weighted by Gasteiger charge is -2.07. The van der Waals surface area contributed by atoms with Crippen LogP contribution in [-0.2, 0) is 15.6 Å². The van der Waals surface area contributed by atoms with Gasteiger partial charge in [0.05, 0.1) is 22.6 Å². The van der Waals surface area contributed by atoms with Gasteiger partial charge in [-0.05, 0) is 42.0 Å². The highest BCUT2D eigenvalue weighted by Gasteiger charge is 2.22. The van der Waals surface area contributed by atoms with Crippen LogP contribution in [0.1, 0.15) is 16.1 Å². The second-order valence-corrected chi connectivity index (χ2v) is 8.34. The Balaban J connectivity index is 1.50. The fraction of sp³-hybridized carbons (Fsp3) is 0.0476. The number of nitrogens with one attached hydrogen (secondary N) is 2. The summed E-state index contributed by atoms with van der Waals surface area (Å²) in [6, 6.07) is 18.6. The van der Waals surface area contributed by atoms with E-state index < -0.39 is 15.7 Å². The number of benzene rings is 2. The summed E-state index contributed by atoms with van der Waals surface area (Å²) in [4.78, 5) is 12.8. The maximum absolute atomic E-state index is 12.6. The minimum Gasteiger partial charge on any atom is -0.459 e. The highest BCUT2D eigenvalue weighted by molar-refractivity contribution is 7.90. The molecule has 0 saturated carbocycles. The van der Waals surface area contributed by atoms with Crippen LogP contribution in [0, 0.1) is 0 Å². The number of H-pyrrole nitrogens is 1. The standard InChI is InChI=1S/C21H17N3O4S/c25-21(23-17-8-6-15(7-9-17)19-10-12-22-24-19)20-16(11-13-28-20)14-29(26,27)18-4-2-1-3-5-18/h1-13H,14H2,(H,22,24)(H,23,25). The van der Waals surface area contributed by atoms with E-state index in [9.17, 15) is 13.2 Å². The Morgan fingerprint density at radius 2 is 1.76 bits per heavy atom. The number of hydrogen-bond donors (Lipinski definition) is 2. The number of rotatable bonds is 6. The first-order valence-corrected chi connectivity index (χ1v) is 10.4. The summed E-state index contributed by atoms with van der Waals surface area (Å²) in [6.45, 7) is 0. The van der Waals surface area contributed by atoms with Crippen molar-refractivity contribution in [3.63, 3.8) is 0 Å². The van der Waals surface area contributed by atoms with E-state index in [-0.39, 0.29) is 16.4 Å². The van der Waals surface area contributed by atoms with Crippen molar-refractivity contribution >= 4 is 21.4 Å². The number of aromatic nitrogens is 2. The SMILES string of the molecule is O=C(Nc1ccc(-c2ccn[nH]2)cc1)c1occc1CS(=O)(=O)c1ccccc1. The van der Waals surface area contributed by atoms with Gasteiger partial charge < -0.3 is 9.73 Å². The smallest absolute Gasteiger partial charge is 0.291 e. The molecule has 2 N–H and O–H groups in total. The Bertz CT molecular complexity index is 1210. The maximum Gasteiger partial charge on any atom is 0.291 e. The predicted octanol–water partition coefficient (Wildman–Crippen LogP) is 3.90. The van der Waals surface area contributed by atoms with Gasteiger partial charge in [0.1, 0.15) is 0 Å². The molecule has 0 aliphatic carbocycles. The average Bonchev–Trinajstić information content (AvgIpc) is 3.41. The summed E-state index contributed by atoms with van der Waals surface area (Å²) in [5.74, 6) is -0.862. The van der Waals surface area contributed by atoms with E-state index in [1.54, 1.807) is 36.5 Å². The lowest BCUT2D eigenvalue weighted by molar-refractivity contribution is 0.0996. The minimum absolute atomic E-state index is 0.0258. The Hall–Kier alpha value is -3.65. The van der Waals surface area contributed by atoms with Crippen LogP contribution in [0.4, 0.5) is 5.69 Å². The average molecular weight is 407 g/mol. The second kappa shape index (κ2) is 7.76. The number of carbonyl (C=O) groups excluding carboxylic acids is 1. The summed E-state index contributed by atoms with van der Waals surface area (Å²) in [6.07, 6.45) is 2.97. The van der Waals surface area contributed by atoms with Crippen LogP contribution < -0.4 is 5.32 Å². The van der Waals surface area contributed by atoms with Gasteiger partial charge in [-0.2, -0.15) is 5.10 Å². The van der Waals surface area contributed by atoms with E-state index in [0.29, 0.717) is 11.3 Å². The van der Waals surface area contributed by atoms with Gasteiger partial charge in [-0.3, -0.25) is 9.89 Å². The lowest BCUT2D eigenvalue weighted by Crippen LogP contribution is -2.14. The molecule has 0 radical (unpaired) electrons. The molecule has 0 spiro atoms. The van der Waals surface area contributed by atoms with Gasteiger partial charge in [-0.25, -0.2) is 8.42 Å². The topological polar surface area (TPSA) is 105 Å². The van der Waals surface area contributed by atoms with Crippen molar-refractivity contribution in [1.82, 2.24) is 10.2 Å². The van der Waals surface area contributed by atoms with Crippen LogP contribution in [0.3, 0.4) is 0 Å². The van der Waals surface area contributed by atoms with Crippen LogP contribution in [-0.4, -0.2) is 24.5 Å². The van der Waals surface area contributed by atoms with Crippen molar-refractivity contribution < 1.29 is 17.6 Å². The van der Waals surface area contributed by atoms with Crippen molar-refractivity contribution in [2.24, 2.45) is 0 Å². The van der Waals surface area contributed by atoms with E-state index in [4.69, 9.17) is 4.42 Å². The number of sulfone groups is 1. The molecule has 2 aromatic heterocycles. The molecule has 0 saturated heterocycles. The Labute approximate surface area is 167 Å². The van der Waals surface area contributed by atoms with Gasteiger partial charge in [0.25, 0.3) is 5.91 Å². The first-order chi connectivity index (χ1) is 14.0. The summed E-state index contributed by atoms with van der Waals surface area (Å²) in [7, 11) is -3.59. The number of hydrogen-bond acceptors (Lipinski definition) is 5. The fourth-order valence-electron chi connectivity index (χ4n) is 2.90. The Morgan fingerprint density at radius 3 is 2.45 bits per heavy atom. The van der Waals surface area contributed by atoms with Crippen LogP contribution >= 0.6 is 0 Å². The van der Waals surface area contributed by atoms with Gasteiger partial charge >= 0.3 is 0 Å². The highest BCUT2D eigenvalue weighted by atomic mass is 32.2. The number of carbonyl (C=O) groups is 1. The van der Waals surface area contributed by atoms with Crippen molar-refractivity contribution in [2.75, 3.05) is 5.32 Å². The summed E-state index contributed by atoms with van der Waals surface area (Å²) in [5, 5.41) is 9.51. The van der Waals surface area contributed by atoms with Crippen LogP contribution in [0.25, 0.3) is 11.3 Å². The number of nitrogens with zero attached hydrogens (tertiary/aromatic N) is 1. The van der Waals surface area contributed by atoms with Crippen LogP contribution in [0.5, 0.6) is 0 Å². The maximum atomic E-state index is 12.6. The van der Waals surface area contributed by atoms with E-state index >= 15 is 0 Å². The third-order valence-corrected chi connectivity index (χ3v) is 6.04. The van der Waals surface area contributed by atoms with E-state index in [0.717, 1.165) is 11.3 Å². The zero-order valence-corrected chi connectivity index (χ0v) is 16.0. The lowest BCUT2D eigenvalue weighted by atomic mass is 10.1. The molecule has 0 fully saturated rings. The molecule has 8 heteroatoms. The molecule has 0 aliphatic heterocycles. The third kappa shape index (κ3) is 4.12. The molecular weight excluding hydrogens is 390 g/mol. The molecule has 0 aliphatic rings. The van der Waals surface area contributed by atoms with Crippen LogP contribution in [0.15, 0.2) is 88.5 Å². The number of anilines is 1. The zero-order valence-electron chi connectivity index (χ0n) is 15.2. The minimum atomic E-state index is -3.59. The van der Waals surface area contributed by atoms with Crippen LogP contribution in [0.2, 0.25) is 0 Å². The largest absolute Gasteiger partial charge is 0.459 e. The number of furan rings is 1. The molecular formula is C21H17N3O4S. The monoisotopic (exact) mass is 407 g/mol. The van der Waals surface area contributed by atoms with Gasteiger partial charge in [0.2, 0.25) is 0 Å². The second-order valence-electron chi connectivity index (χ2n) is 6.35. The molecule has 2 heterocycles. The Kier molecular flexibility index (Phi) is 5.01. The Morgan fingerprint density at radius 1 is 1.00 bits per heavy atom. The van der Waals surface area contributed by atoms with Gasteiger partial charge in [0.15, 0.2) is 15.6 Å². The third-order valence-electron chi connectivity index (χ3n) is 4.36. The molecule has 146 valence electrons. The molecule has 0 bridgehead atoms. The van der Waals surface area contributed by atoms with Gasteiger partial charge in [-0.1, -0.05) is 30.3 Å². The quantitative estimate of drug-likeness (QED) is 0.504. The number of amides is 1. The first-order valence-electron chi connectivity index (χ1n) is 8.78. The van der Waals surface area contributed by atoms with Crippen molar-refractivity contribution in [3.05, 3.63) is 90.5 Å². The number of aromatic amines is 1. The summed E-state index contributed by atoms with van der Waals surface area (Å²) >= 11 is 0. The molecule has 2 aromatic carbocycles. The van der Waals surface area contributed by atoms with Crippen molar-refractivity contribution in [3.8, 4) is 11.3 Å². The first kappa shape index (κ1) is 18.7. The highest BCUT2D eigenvalue weighted by Crippen LogP contribution is 2.22. The molecule has 0 atom stereocenters. The fourth-order valence-corrected chi connectivity index (χ4v) is 4.28. The van der Waals surface area contributed by atoms with Gasteiger partial charge in [-0.15, -0.1) is 0 Å². The normalized spacial score (nSPS) is 11.3. The molecule has 29 heavy (non-hydrogen) atoms. The van der Waals surface area contributed by atoms with E-state index in [1.165, 1.54) is 24.5 Å². The molecule has 4 rings (SSSR count). The molecule has 1 amide bonds. The molecule has 7 nitrogen and oxygen atoms in total. The predicted molar refractivity (Wildman–Crippen MR) is 108 cm³/mol. The summed E-state index contributed by atoms with van der Waals surface area (Å²) < 4.78 is 30.5. The molecule has 4 aromatic rings.